The molecule has 2 rings (SSSR count). The van der Waals surface area contributed by atoms with Crippen LogP contribution in [0, 0.1) is 0 Å². The van der Waals surface area contributed by atoms with E-state index in [0.717, 1.165) is 18.0 Å². The Kier molecular flexibility index (Phi) is 2.42. The minimum absolute atomic E-state index is 0.125. The molecule has 0 saturated heterocycles. The quantitative estimate of drug-likeness (QED) is 0.821. The number of oxazole rings is 1. The molecule has 78 valence electrons. The molecule has 0 aliphatic heterocycles. The number of hydrogen-bond donors (Lipinski definition) is 1. The lowest BCUT2D eigenvalue weighted by Gasteiger charge is -1.93. The fourth-order valence-corrected chi connectivity index (χ4v) is 1.52. The zero-order valence-electron chi connectivity index (χ0n) is 7.62. The molecule has 0 unspecified atom stereocenters. The molecule has 2 heterocycles. The molecule has 0 spiro atoms. The number of aromatic carboxylic acids is 1. The number of aryl methyl sites for hydroxylation is 1. The lowest BCUT2D eigenvalue weighted by molar-refractivity contribution is 0.0690. The second kappa shape index (κ2) is 3.73. The van der Waals surface area contributed by atoms with Crippen LogP contribution in [-0.4, -0.2) is 30.8 Å². The summed E-state index contributed by atoms with van der Waals surface area (Å²) >= 11 is 1.11. The Morgan fingerprint density at radius 1 is 1.67 bits per heavy atom. The summed E-state index contributed by atoms with van der Waals surface area (Å²) in [5.74, 6) is -1.12. The predicted molar refractivity (Wildman–Crippen MR) is 48.6 cm³/mol. The molecule has 0 aliphatic rings. The zero-order valence-corrected chi connectivity index (χ0v) is 8.43. The number of hydrogen-bond acceptors (Lipinski definition) is 6. The summed E-state index contributed by atoms with van der Waals surface area (Å²) in [6.07, 6.45) is 2.62. The Morgan fingerprint density at radius 3 is 3.00 bits per heavy atom. The first kappa shape index (κ1) is 9.71. The van der Waals surface area contributed by atoms with E-state index in [0.29, 0.717) is 5.16 Å². The highest BCUT2D eigenvalue weighted by molar-refractivity contribution is 7.98. The maximum absolute atomic E-state index is 10.5. The summed E-state index contributed by atoms with van der Waals surface area (Å²) in [6, 6.07) is 0. The summed E-state index contributed by atoms with van der Waals surface area (Å²) in [6.45, 7) is 0. The van der Waals surface area contributed by atoms with Crippen LogP contribution >= 0.6 is 11.8 Å². The van der Waals surface area contributed by atoms with E-state index in [1.54, 1.807) is 11.6 Å². The van der Waals surface area contributed by atoms with Crippen molar-refractivity contribution in [1.82, 2.24) is 19.7 Å². The number of carbonyl (C=O) groups is 1. The van der Waals surface area contributed by atoms with Crippen LogP contribution in [0.2, 0.25) is 0 Å². The Labute approximate surface area is 88.1 Å². The Bertz CT molecular complexity index is 492. The van der Waals surface area contributed by atoms with Gasteiger partial charge in [-0.25, -0.2) is 4.79 Å². The van der Waals surface area contributed by atoms with Crippen molar-refractivity contribution in [2.24, 2.45) is 7.05 Å². The van der Waals surface area contributed by atoms with Crippen molar-refractivity contribution in [3.8, 4) is 0 Å². The van der Waals surface area contributed by atoms with Crippen molar-refractivity contribution < 1.29 is 14.3 Å². The van der Waals surface area contributed by atoms with Crippen LogP contribution in [0.25, 0.3) is 0 Å². The first-order valence-corrected chi connectivity index (χ1v) is 4.69. The van der Waals surface area contributed by atoms with Crippen molar-refractivity contribution >= 4 is 17.7 Å². The molecule has 0 fully saturated rings. The molecule has 7 nitrogen and oxygen atoms in total. The van der Waals surface area contributed by atoms with Gasteiger partial charge in [-0.3, -0.25) is 0 Å². The number of nitrogens with zero attached hydrogens (tertiary/aromatic N) is 4. The third-order valence-electron chi connectivity index (χ3n) is 1.55. The van der Waals surface area contributed by atoms with Gasteiger partial charge in [0.25, 0.3) is 5.22 Å². The van der Waals surface area contributed by atoms with Crippen LogP contribution in [0.15, 0.2) is 27.4 Å². The van der Waals surface area contributed by atoms with Crippen LogP contribution < -0.4 is 0 Å². The molecule has 0 atom stereocenters. The van der Waals surface area contributed by atoms with Gasteiger partial charge in [-0.2, -0.15) is 4.98 Å². The molecular weight excluding hydrogens is 220 g/mol. The largest absolute Gasteiger partial charge is 0.476 e. The van der Waals surface area contributed by atoms with Gasteiger partial charge in [-0.05, 0) is 0 Å². The van der Waals surface area contributed by atoms with Crippen LogP contribution in [0.1, 0.15) is 10.5 Å². The van der Waals surface area contributed by atoms with Crippen LogP contribution in [0.4, 0.5) is 0 Å². The van der Waals surface area contributed by atoms with Gasteiger partial charge in [-0.15, -0.1) is 10.2 Å². The van der Waals surface area contributed by atoms with Gasteiger partial charge in [0.1, 0.15) is 12.6 Å². The van der Waals surface area contributed by atoms with Crippen molar-refractivity contribution in [2.45, 2.75) is 10.4 Å². The highest BCUT2D eigenvalue weighted by Gasteiger charge is 2.13. The molecule has 0 aliphatic carbocycles. The molecule has 0 aromatic carbocycles. The Hall–Kier alpha value is -1.83. The molecule has 2 aromatic rings. The van der Waals surface area contributed by atoms with Crippen molar-refractivity contribution in [1.29, 1.82) is 0 Å². The Morgan fingerprint density at radius 2 is 2.47 bits per heavy atom. The monoisotopic (exact) mass is 226 g/mol. The van der Waals surface area contributed by atoms with Crippen LogP contribution in [0.5, 0.6) is 0 Å². The highest BCUT2D eigenvalue weighted by atomic mass is 32.2. The van der Waals surface area contributed by atoms with Crippen LogP contribution in [-0.2, 0) is 7.05 Å². The average Bonchev–Trinajstić information content (AvgIpc) is 2.77. The average molecular weight is 226 g/mol. The van der Waals surface area contributed by atoms with E-state index in [1.807, 2.05) is 0 Å². The molecule has 15 heavy (non-hydrogen) atoms. The first-order chi connectivity index (χ1) is 7.16. The number of carboxylic acid groups (broad SMARTS) is 1. The van der Waals surface area contributed by atoms with Crippen molar-refractivity contribution in [2.75, 3.05) is 0 Å². The maximum Gasteiger partial charge on any atom is 0.357 e. The van der Waals surface area contributed by atoms with Gasteiger partial charge in [0.05, 0.1) is 0 Å². The molecule has 0 radical (unpaired) electrons. The summed E-state index contributed by atoms with van der Waals surface area (Å²) in [7, 11) is 1.77. The normalized spacial score (nSPS) is 10.5. The van der Waals surface area contributed by atoms with E-state index >= 15 is 0 Å². The molecule has 8 heteroatoms. The molecular formula is C7H6N4O3S. The molecule has 2 aromatic heterocycles. The van der Waals surface area contributed by atoms with Gasteiger partial charge in [-0.1, -0.05) is 0 Å². The van der Waals surface area contributed by atoms with E-state index in [-0.39, 0.29) is 10.9 Å². The minimum atomic E-state index is -1.12. The van der Waals surface area contributed by atoms with Gasteiger partial charge in [0.15, 0.2) is 10.9 Å². The van der Waals surface area contributed by atoms with Gasteiger partial charge in [0.2, 0.25) is 0 Å². The van der Waals surface area contributed by atoms with Gasteiger partial charge >= 0.3 is 5.97 Å². The number of rotatable bonds is 3. The summed E-state index contributed by atoms with van der Waals surface area (Å²) < 4.78 is 6.62. The van der Waals surface area contributed by atoms with E-state index in [9.17, 15) is 4.79 Å². The maximum atomic E-state index is 10.5. The van der Waals surface area contributed by atoms with Crippen molar-refractivity contribution in [3.05, 3.63) is 18.3 Å². The fraction of sp³-hybridized carbons (Fsp3) is 0.143. The second-order valence-electron chi connectivity index (χ2n) is 2.63. The van der Waals surface area contributed by atoms with Crippen LogP contribution in [0.3, 0.4) is 0 Å². The summed E-state index contributed by atoms with van der Waals surface area (Å²) in [5.41, 5.74) is -0.125. The number of aromatic nitrogens is 4. The third kappa shape index (κ3) is 1.99. The SMILES string of the molecule is Cn1cnnc1Sc1nc(C(=O)O)co1. The van der Waals surface area contributed by atoms with E-state index in [2.05, 4.69) is 15.2 Å². The second-order valence-corrected chi connectivity index (χ2v) is 3.55. The summed E-state index contributed by atoms with van der Waals surface area (Å²) in [5, 5.41) is 16.9. The fourth-order valence-electron chi connectivity index (χ4n) is 0.845. The van der Waals surface area contributed by atoms with E-state index in [1.165, 1.54) is 6.33 Å². The lowest BCUT2D eigenvalue weighted by Crippen LogP contribution is -1.95. The molecule has 0 bridgehead atoms. The standard InChI is InChI=1S/C7H6N4O3S/c1-11-3-8-10-6(11)15-7-9-4(2-14-7)5(12)13/h2-3H,1H3,(H,12,13). The van der Waals surface area contributed by atoms with E-state index < -0.39 is 5.97 Å². The molecule has 1 N–H and O–H groups in total. The summed E-state index contributed by atoms with van der Waals surface area (Å²) in [4.78, 5) is 14.3. The Balaban J connectivity index is 2.18. The highest BCUT2D eigenvalue weighted by Crippen LogP contribution is 2.24. The first-order valence-electron chi connectivity index (χ1n) is 3.87. The predicted octanol–water partition coefficient (Wildman–Crippen LogP) is 0.652. The molecule has 0 amide bonds. The van der Waals surface area contributed by atoms with Gasteiger partial charge < -0.3 is 14.1 Å². The smallest absolute Gasteiger partial charge is 0.357 e. The zero-order chi connectivity index (χ0) is 10.8. The number of carboxylic acids is 1. The topological polar surface area (TPSA) is 94.0 Å². The third-order valence-corrected chi connectivity index (χ3v) is 2.47. The molecule has 0 saturated carbocycles. The van der Waals surface area contributed by atoms with Gasteiger partial charge in [0, 0.05) is 18.8 Å². The van der Waals surface area contributed by atoms with E-state index in [4.69, 9.17) is 9.52 Å². The minimum Gasteiger partial charge on any atom is -0.476 e. The van der Waals surface area contributed by atoms with Crippen molar-refractivity contribution in [3.63, 3.8) is 0 Å². The lowest BCUT2D eigenvalue weighted by atomic mass is 10.5.